The second-order valence-electron chi connectivity index (χ2n) is 2.06. The van der Waals surface area contributed by atoms with Gasteiger partial charge in [-0.25, -0.2) is 10.2 Å². The molecule has 0 aliphatic heterocycles. The maximum atomic E-state index is 10.4. The largest absolute Gasteiger partial charge is 0.452 e. The van der Waals surface area contributed by atoms with E-state index < -0.39 is 6.09 Å². The van der Waals surface area contributed by atoms with Crippen LogP contribution < -0.4 is 5.43 Å². The lowest BCUT2D eigenvalue weighted by molar-refractivity contribution is 0.171. The lowest BCUT2D eigenvalue weighted by Crippen LogP contribution is -2.16. The summed E-state index contributed by atoms with van der Waals surface area (Å²) in [5.41, 5.74) is 2.20. The Morgan fingerprint density at radius 2 is 2.45 bits per heavy atom. The van der Waals surface area contributed by atoms with Crippen LogP contribution in [0, 0.1) is 0 Å². The lowest BCUT2D eigenvalue weighted by atomic mass is 10.3. The van der Waals surface area contributed by atoms with Crippen molar-refractivity contribution in [3.8, 4) is 0 Å². The summed E-state index contributed by atoms with van der Waals surface area (Å²) in [6, 6.07) is 0. The standard InChI is InChI=1S/C7H14N2O2/c1-3-4-5-6-8-9-7(10)11-2/h6H,3-5H2,1-2H3,(H,9,10). The Labute approximate surface area is 66.6 Å². The minimum Gasteiger partial charge on any atom is -0.452 e. The number of unbranched alkanes of at least 4 members (excludes halogenated alkanes) is 2. The molecule has 0 bridgehead atoms. The first-order valence-electron chi connectivity index (χ1n) is 3.66. The van der Waals surface area contributed by atoms with Crippen LogP contribution in [-0.4, -0.2) is 19.4 Å². The number of hydrazone groups is 1. The monoisotopic (exact) mass is 158 g/mol. The summed E-state index contributed by atoms with van der Waals surface area (Å²) in [5.74, 6) is 0. The van der Waals surface area contributed by atoms with Crippen molar-refractivity contribution in [3.05, 3.63) is 0 Å². The van der Waals surface area contributed by atoms with Crippen molar-refractivity contribution < 1.29 is 9.53 Å². The highest BCUT2D eigenvalue weighted by Gasteiger charge is 1.90. The van der Waals surface area contributed by atoms with E-state index in [9.17, 15) is 4.79 Å². The van der Waals surface area contributed by atoms with Gasteiger partial charge in [0, 0.05) is 6.21 Å². The predicted molar refractivity (Wildman–Crippen MR) is 43.6 cm³/mol. The van der Waals surface area contributed by atoms with Crippen molar-refractivity contribution in [3.63, 3.8) is 0 Å². The molecule has 11 heavy (non-hydrogen) atoms. The molecule has 1 amide bonds. The van der Waals surface area contributed by atoms with E-state index in [-0.39, 0.29) is 0 Å². The Balaban J connectivity index is 3.22. The molecule has 0 atom stereocenters. The highest BCUT2D eigenvalue weighted by molar-refractivity contribution is 5.68. The van der Waals surface area contributed by atoms with Gasteiger partial charge >= 0.3 is 6.09 Å². The summed E-state index contributed by atoms with van der Waals surface area (Å²) in [5, 5.41) is 3.63. The first kappa shape index (κ1) is 9.94. The van der Waals surface area contributed by atoms with Crippen molar-refractivity contribution in [1.29, 1.82) is 0 Å². The molecule has 4 nitrogen and oxygen atoms in total. The fraction of sp³-hybridized carbons (Fsp3) is 0.714. The molecule has 0 aromatic rings. The number of methoxy groups -OCH3 is 1. The number of nitrogens with one attached hydrogen (secondary N) is 1. The van der Waals surface area contributed by atoms with Gasteiger partial charge in [0.1, 0.15) is 0 Å². The number of hydrogen-bond donors (Lipinski definition) is 1. The van der Waals surface area contributed by atoms with E-state index in [0.717, 1.165) is 19.3 Å². The molecular weight excluding hydrogens is 144 g/mol. The number of carbonyl (C=O) groups excluding carboxylic acids is 1. The fourth-order valence-corrected chi connectivity index (χ4v) is 0.504. The van der Waals surface area contributed by atoms with E-state index in [2.05, 4.69) is 22.2 Å². The second kappa shape index (κ2) is 7.05. The summed E-state index contributed by atoms with van der Waals surface area (Å²) in [6.07, 6.45) is 4.25. The van der Waals surface area contributed by atoms with Gasteiger partial charge in [-0.05, 0) is 12.8 Å². The lowest BCUT2D eigenvalue weighted by Gasteiger charge is -1.94. The second-order valence-corrected chi connectivity index (χ2v) is 2.06. The third-order valence-corrected chi connectivity index (χ3v) is 1.12. The molecule has 64 valence electrons. The average molecular weight is 158 g/mol. The first-order valence-corrected chi connectivity index (χ1v) is 3.66. The summed E-state index contributed by atoms with van der Waals surface area (Å²) >= 11 is 0. The molecule has 0 rings (SSSR count). The molecule has 0 aliphatic rings. The van der Waals surface area contributed by atoms with Crippen LogP contribution in [0.4, 0.5) is 4.79 Å². The minimum absolute atomic E-state index is 0.530. The zero-order valence-electron chi connectivity index (χ0n) is 6.96. The van der Waals surface area contributed by atoms with Crippen LogP contribution in [0.1, 0.15) is 26.2 Å². The zero-order chi connectivity index (χ0) is 8.53. The molecule has 1 N–H and O–H groups in total. The maximum absolute atomic E-state index is 10.4. The van der Waals surface area contributed by atoms with Crippen molar-refractivity contribution in [2.75, 3.05) is 7.11 Å². The van der Waals surface area contributed by atoms with Gasteiger partial charge in [0.05, 0.1) is 7.11 Å². The van der Waals surface area contributed by atoms with Gasteiger partial charge in [0.15, 0.2) is 0 Å². The fourth-order valence-electron chi connectivity index (χ4n) is 0.504. The molecule has 0 fully saturated rings. The van der Waals surface area contributed by atoms with E-state index >= 15 is 0 Å². The Morgan fingerprint density at radius 3 is 3.00 bits per heavy atom. The Morgan fingerprint density at radius 1 is 1.73 bits per heavy atom. The Hall–Kier alpha value is -1.06. The molecule has 0 aromatic heterocycles. The first-order chi connectivity index (χ1) is 5.31. The number of nitrogens with zero attached hydrogens (tertiary/aromatic N) is 1. The Bertz CT molecular complexity index is 134. The molecule has 0 radical (unpaired) electrons. The van der Waals surface area contributed by atoms with Crippen LogP contribution in [-0.2, 0) is 4.74 Å². The number of ether oxygens (including phenoxy) is 1. The van der Waals surface area contributed by atoms with E-state index in [4.69, 9.17) is 0 Å². The molecule has 0 aromatic carbocycles. The van der Waals surface area contributed by atoms with E-state index in [0.29, 0.717) is 0 Å². The summed E-state index contributed by atoms with van der Waals surface area (Å²) in [6.45, 7) is 2.10. The Kier molecular flexibility index (Phi) is 6.37. The van der Waals surface area contributed by atoms with E-state index in [1.54, 1.807) is 6.21 Å². The van der Waals surface area contributed by atoms with Crippen molar-refractivity contribution in [1.82, 2.24) is 5.43 Å². The quantitative estimate of drug-likeness (QED) is 0.383. The van der Waals surface area contributed by atoms with E-state index in [1.165, 1.54) is 7.11 Å². The molecule has 0 spiro atoms. The molecule has 4 heteroatoms. The predicted octanol–water partition coefficient (Wildman–Crippen LogP) is 1.52. The van der Waals surface area contributed by atoms with Crippen molar-refractivity contribution in [2.45, 2.75) is 26.2 Å². The van der Waals surface area contributed by atoms with Crippen LogP contribution in [0.25, 0.3) is 0 Å². The summed E-state index contributed by atoms with van der Waals surface area (Å²) in [4.78, 5) is 10.4. The molecular formula is C7H14N2O2. The van der Waals surface area contributed by atoms with Gasteiger partial charge < -0.3 is 4.74 Å². The van der Waals surface area contributed by atoms with E-state index in [1.807, 2.05) is 0 Å². The maximum Gasteiger partial charge on any atom is 0.427 e. The minimum atomic E-state index is -0.530. The number of rotatable bonds is 4. The number of amides is 1. The normalized spacial score (nSPS) is 10.0. The van der Waals surface area contributed by atoms with Gasteiger partial charge in [-0.15, -0.1) is 0 Å². The summed E-state index contributed by atoms with van der Waals surface area (Å²) < 4.78 is 4.29. The van der Waals surface area contributed by atoms with Gasteiger partial charge in [0.2, 0.25) is 0 Å². The molecule has 0 unspecified atom stereocenters. The van der Waals surface area contributed by atoms with Crippen LogP contribution in [0.15, 0.2) is 5.10 Å². The van der Waals surface area contributed by atoms with Crippen molar-refractivity contribution >= 4 is 12.3 Å². The van der Waals surface area contributed by atoms with Crippen molar-refractivity contribution in [2.24, 2.45) is 5.10 Å². The van der Waals surface area contributed by atoms with Crippen LogP contribution in [0.2, 0.25) is 0 Å². The third-order valence-electron chi connectivity index (χ3n) is 1.12. The smallest absolute Gasteiger partial charge is 0.427 e. The highest BCUT2D eigenvalue weighted by Crippen LogP contribution is 1.88. The van der Waals surface area contributed by atoms with Gasteiger partial charge in [-0.3, -0.25) is 0 Å². The molecule has 0 heterocycles. The SMILES string of the molecule is CCCCC=NNC(=O)OC. The molecule has 0 saturated heterocycles. The third kappa shape index (κ3) is 6.83. The van der Waals surface area contributed by atoms with Gasteiger partial charge in [0.25, 0.3) is 0 Å². The highest BCUT2D eigenvalue weighted by atomic mass is 16.5. The van der Waals surface area contributed by atoms with Gasteiger partial charge in [-0.2, -0.15) is 5.10 Å². The van der Waals surface area contributed by atoms with Crippen LogP contribution in [0.3, 0.4) is 0 Å². The van der Waals surface area contributed by atoms with Gasteiger partial charge in [-0.1, -0.05) is 13.3 Å². The topological polar surface area (TPSA) is 50.7 Å². The average Bonchev–Trinajstić information content (AvgIpc) is 2.04. The van der Waals surface area contributed by atoms with Crippen LogP contribution in [0.5, 0.6) is 0 Å². The number of hydrogen-bond acceptors (Lipinski definition) is 3. The summed E-state index contributed by atoms with van der Waals surface area (Å²) in [7, 11) is 1.30. The number of carbonyl (C=O) groups is 1. The zero-order valence-corrected chi connectivity index (χ0v) is 6.96. The molecule has 0 aliphatic carbocycles. The molecule has 0 saturated carbocycles. The van der Waals surface area contributed by atoms with Crippen LogP contribution >= 0.6 is 0 Å².